The Kier molecular flexibility index (Phi) is 7.94. The summed E-state index contributed by atoms with van der Waals surface area (Å²) in [5.41, 5.74) is 2.23. The van der Waals surface area contributed by atoms with Crippen LogP contribution < -0.4 is 9.64 Å². The number of piperazine rings is 1. The molecule has 232 valence electrons. The number of hydrogen-bond acceptors (Lipinski definition) is 6. The maximum absolute atomic E-state index is 16.8. The zero-order valence-electron chi connectivity index (χ0n) is 24.8. The van der Waals surface area contributed by atoms with Gasteiger partial charge in [-0.1, -0.05) is 30.3 Å². The summed E-state index contributed by atoms with van der Waals surface area (Å²) in [6.07, 6.45) is 3.51. The molecule has 2 fully saturated rings. The lowest BCUT2D eigenvalue weighted by Crippen LogP contribution is -2.58. The predicted molar refractivity (Wildman–Crippen MR) is 165 cm³/mol. The number of aromatic amines is 1. The molecule has 3 heterocycles. The minimum Gasteiger partial charge on any atom is -0.463 e. The number of H-pyrrole nitrogens is 1. The van der Waals surface area contributed by atoms with Crippen molar-refractivity contribution in [2.45, 2.75) is 64.5 Å². The highest BCUT2D eigenvalue weighted by molar-refractivity contribution is 6.35. The van der Waals surface area contributed by atoms with Crippen molar-refractivity contribution in [3.8, 4) is 17.1 Å². The molecule has 2 aromatic carbocycles. The zero-order valence-corrected chi connectivity index (χ0v) is 25.6. The van der Waals surface area contributed by atoms with Crippen molar-refractivity contribution >= 4 is 45.1 Å². The third kappa shape index (κ3) is 5.46. The number of ether oxygens (including phenoxy) is 1. The molecule has 1 saturated heterocycles. The van der Waals surface area contributed by atoms with Crippen LogP contribution in [0.3, 0.4) is 0 Å². The molecule has 0 radical (unpaired) electrons. The van der Waals surface area contributed by atoms with Crippen LogP contribution in [-0.4, -0.2) is 68.7 Å². The average Bonchev–Trinajstić information content (AvgIpc) is 3.60. The van der Waals surface area contributed by atoms with E-state index >= 15 is 4.39 Å². The number of nitrogens with one attached hydrogen (secondary N) is 1. The van der Waals surface area contributed by atoms with Crippen molar-refractivity contribution < 1.29 is 22.7 Å². The summed E-state index contributed by atoms with van der Waals surface area (Å²) >= 11 is 6.86. The van der Waals surface area contributed by atoms with Gasteiger partial charge in [-0.3, -0.25) is 9.89 Å². The molecular weight excluding hydrogens is 593 g/mol. The summed E-state index contributed by atoms with van der Waals surface area (Å²) in [5.74, 6) is -3.19. The van der Waals surface area contributed by atoms with Gasteiger partial charge in [0.05, 0.1) is 23.3 Å². The first-order valence-corrected chi connectivity index (χ1v) is 15.2. The standard InChI is InChI=1S/C32H34ClF3N6O2/c1-5-24(43)41-15-19(4)42(16-18(41)3)30-22-12-23(33)26(25-17(2)6-7-21-14-37-40-28(21)25)27(34)29(22)38-31(39-30)44-11-9-20-8-10-32(35,36)13-20/h5-7,12,14,18-20H,1,8-11,13,15-16H2,2-4H3,(H,37,40)/t18-,19+,20?/m1/s1. The Bertz CT molecular complexity index is 1760. The van der Waals surface area contributed by atoms with Gasteiger partial charge in [0, 0.05) is 59.9 Å². The number of carbonyl (C=O) groups is 1. The lowest BCUT2D eigenvalue weighted by atomic mass is 9.96. The molecule has 1 aliphatic heterocycles. The normalized spacial score (nSPS) is 21.8. The molecule has 44 heavy (non-hydrogen) atoms. The largest absolute Gasteiger partial charge is 0.463 e. The Hall–Kier alpha value is -3.86. The van der Waals surface area contributed by atoms with Crippen molar-refractivity contribution in [1.82, 2.24) is 25.1 Å². The summed E-state index contributed by atoms with van der Waals surface area (Å²) in [4.78, 5) is 25.4. The molecule has 1 amide bonds. The van der Waals surface area contributed by atoms with E-state index in [1.807, 2.05) is 37.8 Å². The smallest absolute Gasteiger partial charge is 0.319 e. The minimum absolute atomic E-state index is 0.0252. The number of fused-ring (bicyclic) bond motifs is 2. The first-order chi connectivity index (χ1) is 21.0. The van der Waals surface area contributed by atoms with Gasteiger partial charge in [0.2, 0.25) is 11.8 Å². The van der Waals surface area contributed by atoms with Gasteiger partial charge < -0.3 is 14.5 Å². The van der Waals surface area contributed by atoms with Crippen LogP contribution in [0.2, 0.25) is 5.02 Å². The van der Waals surface area contributed by atoms with Crippen LogP contribution in [0.25, 0.3) is 32.9 Å². The van der Waals surface area contributed by atoms with Crippen LogP contribution in [0.1, 0.15) is 45.1 Å². The van der Waals surface area contributed by atoms with Gasteiger partial charge in [-0.25, -0.2) is 13.2 Å². The number of aryl methyl sites for hydroxylation is 1. The highest BCUT2D eigenvalue weighted by Crippen LogP contribution is 2.43. The maximum atomic E-state index is 16.8. The fourth-order valence-corrected chi connectivity index (χ4v) is 6.85. The van der Waals surface area contributed by atoms with Crippen LogP contribution in [0.4, 0.5) is 19.0 Å². The van der Waals surface area contributed by atoms with Crippen LogP contribution in [0.15, 0.2) is 37.1 Å². The van der Waals surface area contributed by atoms with Gasteiger partial charge in [0.25, 0.3) is 0 Å². The number of rotatable bonds is 7. The fourth-order valence-electron chi connectivity index (χ4n) is 6.56. The molecule has 0 spiro atoms. The highest BCUT2D eigenvalue weighted by atomic mass is 35.5. The summed E-state index contributed by atoms with van der Waals surface area (Å²) in [5, 5.41) is 8.48. The quantitative estimate of drug-likeness (QED) is 0.220. The van der Waals surface area contributed by atoms with Crippen molar-refractivity contribution in [2.75, 3.05) is 24.6 Å². The van der Waals surface area contributed by atoms with E-state index in [2.05, 4.69) is 21.8 Å². The molecule has 6 rings (SSSR count). The van der Waals surface area contributed by atoms with Gasteiger partial charge in [-0.15, -0.1) is 0 Å². The number of benzene rings is 2. The number of hydrogen-bond donors (Lipinski definition) is 1. The topological polar surface area (TPSA) is 87.2 Å². The van der Waals surface area contributed by atoms with Crippen LogP contribution in [-0.2, 0) is 4.79 Å². The first kappa shape index (κ1) is 30.2. The molecule has 4 aromatic rings. The number of amides is 1. The summed E-state index contributed by atoms with van der Waals surface area (Å²) in [7, 11) is 0. The van der Waals surface area contributed by atoms with E-state index in [1.165, 1.54) is 6.08 Å². The fraction of sp³-hybridized carbons (Fsp3) is 0.438. The van der Waals surface area contributed by atoms with E-state index in [4.69, 9.17) is 21.3 Å². The molecular formula is C32H34ClF3N6O2. The van der Waals surface area contributed by atoms with Crippen LogP contribution >= 0.6 is 11.6 Å². The van der Waals surface area contributed by atoms with E-state index in [1.54, 1.807) is 17.2 Å². The van der Waals surface area contributed by atoms with Crippen molar-refractivity contribution in [2.24, 2.45) is 5.92 Å². The second-order valence-electron chi connectivity index (χ2n) is 12.0. The third-order valence-electron chi connectivity index (χ3n) is 8.90. The van der Waals surface area contributed by atoms with Crippen molar-refractivity contribution in [3.05, 3.63) is 53.5 Å². The number of anilines is 1. The number of halogens is 4. The molecule has 1 saturated carbocycles. The van der Waals surface area contributed by atoms with E-state index in [0.29, 0.717) is 48.2 Å². The third-order valence-corrected chi connectivity index (χ3v) is 9.19. The van der Waals surface area contributed by atoms with Crippen molar-refractivity contribution in [1.29, 1.82) is 0 Å². The molecule has 1 unspecified atom stereocenters. The Balaban J connectivity index is 1.45. The molecule has 8 nitrogen and oxygen atoms in total. The Morgan fingerprint density at radius 2 is 2.02 bits per heavy atom. The Morgan fingerprint density at radius 3 is 2.75 bits per heavy atom. The number of nitrogens with zero attached hydrogens (tertiary/aromatic N) is 5. The highest BCUT2D eigenvalue weighted by Gasteiger charge is 2.39. The molecule has 0 bridgehead atoms. The molecule has 2 aromatic heterocycles. The molecule has 2 aliphatic rings. The van der Waals surface area contributed by atoms with Gasteiger partial charge in [0.15, 0.2) is 5.82 Å². The average molecular weight is 627 g/mol. The van der Waals surface area contributed by atoms with E-state index < -0.39 is 11.7 Å². The van der Waals surface area contributed by atoms with Gasteiger partial charge in [-0.2, -0.15) is 15.1 Å². The van der Waals surface area contributed by atoms with Gasteiger partial charge >= 0.3 is 6.01 Å². The number of alkyl halides is 2. The Morgan fingerprint density at radius 1 is 1.23 bits per heavy atom. The second-order valence-corrected chi connectivity index (χ2v) is 12.4. The molecule has 1 N–H and O–H groups in total. The van der Waals surface area contributed by atoms with Crippen LogP contribution in [0, 0.1) is 18.7 Å². The lowest BCUT2D eigenvalue weighted by molar-refractivity contribution is -0.128. The summed E-state index contributed by atoms with van der Waals surface area (Å²) in [6, 6.07) is 5.02. The van der Waals surface area contributed by atoms with E-state index in [9.17, 15) is 13.6 Å². The molecule has 1 aliphatic carbocycles. The molecule has 12 heteroatoms. The summed E-state index contributed by atoms with van der Waals surface area (Å²) in [6.45, 7) is 10.3. The Labute approximate surface area is 258 Å². The zero-order chi connectivity index (χ0) is 31.3. The number of aromatic nitrogens is 4. The number of carbonyl (C=O) groups excluding carboxylic acids is 1. The maximum Gasteiger partial charge on any atom is 0.319 e. The summed E-state index contributed by atoms with van der Waals surface area (Å²) < 4.78 is 50.2. The lowest BCUT2D eigenvalue weighted by Gasteiger charge is -2.44. The second kappa shape index (κ2) is 11.6. The SMILES string of the molecule is C=CC(=O)N1C[C@H](C)N(c2nc(OCCC3CCC(F)(F)C3)nc3c(F)c(-c4c(C)ccc5cn[nH]c45)c(Cl)cc23)C[C@H]1C. The van der Waals surface area contributed by atoms with Gasteiger partial charge in [0.1, 0.15) is 11.3 Å². The van der Waals surface area contributed by atoms with Crippen molar-refractivity contribution in [3.63, 3.8) is 0 Å². The predicted octanol–water partition coefficient (Wildman–Crippen LogP) is 7.09. The van der Waals surface area contributed by atoms with Crippen LogP contribution in [0.5, 0.6) is 6.01 Å². The van der Waals surface area contributed by atoms with E-state index in [-0.39, 0.29) is 65.5 Å². The monoisotopic (exact) mass is 626 g/mol. The van der Waals surface area contributed by atoms with E-state index in [0.717, 1.165) is 10.9 Å². The first-order valence-electron chi connectivity index (χ1n) is 14.8. The van der Waals surface area contributed by atoms with Gasteiger partial charge in [-0.05, 0) is 57.2 Å². The minimum atomic E-state index is -2.65. The molecule has 3 atom stereocenters.